The molecule has 0 saturated heterocycles. The highest BCUT2D eigenvalue weighted by Gasteiger charge is 2.36. The number of hydrogen-bond acceptors (Lipinski definition) is 5. The summed E-state index contributed by atoms with van der Waals surface area (Å²) in [6.07, 6.45) is -3.55. The molecule has 0 radical (unpaired) electrons. The Labute approximate surface area is 192 Å². The molecule has 8 nitrogen and oxygen atoms in total. The third-order valence-corrected chi connectivity index (χ3v) is 4.64. The number of nitrogens with zero attached hydrogens (tertiary/aromatic N) is 4. The second-order valence-electron chi connectivity index (χ2n) is 6.49. The zero-order valence-corrected chi connectivity index (χ0v) is 17.3. The summed E-state index contributed by atoms with van der Waals surface area (Å²) >= 11 is 6.04. The van der Waals surface area contributed by atoms with Crippen LogP contribution < -0.4 is 10.6 Å². The third kappa shape index (κ3) is 5.12. The largest absolute Gasteiger partial charge is 0.435 e. The van der Waals surface area contributed by atoms with Gasteiger partial charge in [-0.25, -0.2) is 9.67 Å². The van der Waals surface area contributed by atoms with Crippen molar-refractivity contribution in [1.82, 2.24) is 20.1 Å². The summed E-state index contributed by atoms with van der Waals surface area (Å²) in [7, 11) is 1.36. The predicted molar refractivity (Wildman–Crippen MR) is 115 cm³/mol. The minimum Gasteiger partial charge on any atom is -0.355 e. The van der Waals surface area contributed by atoms with Gasteiger partial charge in [0, 0.05) is 19.3 Å². The second kappa shape index (κ2) is 9.70. The van der Waals surface area contributed by atoms with Crippen LogP contribution in [0.4, 0.5) is 18.9 Å². The maximum Gasteiger partial charge on any atom is 0.435 e. The van der Waals surface area contributed by atoms with E-state index in [-0.39, 0.29) is 35.1 Å². The molecule has 2 heterocycles. The van der Waals surface area contributed by atoms with Gasteiger partial charge >= 0.3 is 6.18 Å². The molecule has 2 amide bonds. The number of hydrogen-bond donors (Lipinski definition) is 2. The van der Waals surface area contributed by atoms with Crippen LogP contribution in [0.1, 0.15) is 45.1 Å². The highest BCUT2D eigenvalue weighted by atomic mass is 35.5. The van der Waals surface area contributed by atoms with Crippen molar-refractivity contribution in [1.29, 1.82) is 5.26 Å². The topological polar surface area (TPSA) is 113 Å². The zero-order chi connectivity index (χ0) is 23.6. The van der Waals surface area contributed by atoms with Crippen molar-refractivity contribution < 1.29 is 22.8 Å². The maximum atomic E-state index is 13.3. The number of halogens is 4. The number of alkyl halides is 3. The van der Waals surface area contributed by atoms with E-state index in [2.05, 4.69) is 20.7 Å². The van der Waals surface area contributed by atoms with Crippen LogP contribution in [0, 0.1) is 18.3 Å². The van der Waals surface area contributed by atoms with E-state index >= 15 is 0 Å². The van der Waals surface area contributed by atoms with Crippen molar-refractivity contribution in [2.24, 2.45) is 0 Å². The Balaban J connectivity index is 0.00000385. The van der Waals surface area contributed by atoms with Gasteiger partial charge in [-0.2, -0.15) is 23.5 Å². The molecule has 2 N–H and O–H groups in total. The molecule has 0 bridgehead atoms. The highest BCUT2D eigenvalue weighted by molar-refractivity contribution is 6.32. The Morgan fingerprint density at radius 3 is 2.48 bits per heavy atom. The summed E-state index contributed by atoms with van der Waals surface area (Å²) < 4.78 is 40.6. The van der Waals surface area contributed by atoms with Crippen molar-refractivity contribution >= 4 is 29.1 Å². The molecule has 0 spiro atoms. The summed E-state index contributed by atoms with van der Waals surface area (Å²) in [5, 5.41) is 17.4. The average molecular weight is 479 g/mol. The number of carbonyl (C=O) groups is 2. The fourth-order valence-electron chi connectivity index (χ4n) is 2.88. The number of nitriles is 1. The first-order chi connectivity index (χ1) is 15.1. The first-order valence-corrected chi connectivity index (χ1v) is 9.31. The maximum absolute atomic E-state index is 13.3. The number of nitrogens with one attached hydrogen (secondary N) is 2. The number of pyridine rings is 1. The molecule has 33 heavy (non-hydrogen) atoms. The molecule has 3 rings (SSSR count). The minimum atomic E-state index is -4.83. The minimum absolute atomic E-state index is 0. The van der Waals surface area contributed by atoms with Crippen molar-refractivity contribution in [3.05, 3.63) is 69.6 Å². The molecule has 0 fully saturated rings. The van der Waals surface area contributed by atoms with Crippen molar-refractivity contribution in [3.8, 4) is 11.9 Å². The zero-order valence-electron chi connectivity index (χ0n) is 16.6. The summed E-state index contributed by atoms with van der Waals surface area (Å²) in [6.45, 7) is 1.54. The average Bonchev–Trinajstić information content (AvgIpc) is 3.20. The van der Waals surface area contributed by atoms with Crippen LogP contribution in [0.3, 0.4) is 0 Å². The fourth-order valence-corrected chi connectivity index (χ4v) is 3.09. The molecule has 172 valence electrons. The van der Waals surface area contributed by atoms with E-state index in [0.29, 0.717) is 16.3 Å². The second-order valence-corrected chi connectivity index (χ2v) is 6.90. The fraction of sp³-hybridized carbons (Fsp3) is 0.190. The molecule has 12 heteroatoms. The van der Waals surface area contributed by atoms with Crippen LogP contribution in [-0.2, 0) is 6.18 Å². The number of anilines is 1. The molecule has 0 aliphatic rings. The third-order valence-electron chi connectivity index (χ3n) is 4.35. The van der Waals surface area contributed by atoms with Gasteiger partial charge in [-0.3, -0.25) is 9.59 Å². The monoisotopic (exact) mass is 478 g/mol. The van der Waals surface area contributed by atoms with E-state index < -0.39 is 29.4 Å². The Bertz CT molecular complexity index is 1260. The van der Waals surface area contributed by atoms with Crippen LogP contribution in [0.25, 0.3) is 5.82 Å². The van der Waals surface area contributed by atoms with Gasteiger partial charge in [-0.05, 0) is 36.8 Å². The van der Waals surface area contributed by atoms with Crippen LogP contribution in [0.2, 0.25) is 5.02 Å². The Hall–Kier alpha value is -3.91. The lowest BCUT2D eigenvalue weighted by atomic mass is 10.0. The highest BCUT2D eigenvalue weighted by Crippen LogP contribution is 2.31. The van der Waals surface area contributed by atoms with Crippen LogP contribution in [-0.4, -0.2) is 33.6 Å². The quantitative estimate of drug-likeness (QED) is 0.578. The van der Waals surface area contributed by atoms with Crippen molar-refractivity contribution in [3.63, 3.8) is 0 Å². The van der Waals surface area contributed by atoms with Crippen LogP contribution in [0.15, 0.2) is 36.5 Å². The summed E-state index contributed by atoms with van der Waals surface area (Å²) in [4.78, 5) is 29.2. The summed E-state index contributed by atoms with van der Waals surface area (Å²) in [5.41, 5.74) is -1.31. The standard InChI is InChI=1S/C20H14ClF3N6O2.CH4/c1-10-6-11(9-25)7-12(18(31)26-2)16(10)28-19(32)14-8-15(20(22,23)24)29-30(14)17-13(21)4-3-5-27-17;/h3-8H,1-2H3,(H,26,31)(H,28,32);1H4. The van der Waals surface area contributed by atoms with Crippen LogP contribution >= 0.6 is 11.6 Å². The lowest BCUT2D eigenvalue weighted by molar-refractivity contribution is -0.141. The number of carbonyl (C=O) groups excluding carboxylic acids is 2. The summed E-state index contributed by atoms with van der Waals surface area (Å²) in [5.74, 6) is -1.77. The molecule has 0 atom stereocenters. The predicted octanol–water partition coefficient (Wildman–Crippen LogP) is 4.37. The Kier molecular flexibility index (Phi) is 7.45. The Morgan fingerprint density at radius 2 is 1.91 bits per heavy atom. The van der Waals surface area contributed by atoms with Gasteiger partial charge < -0.3 is 10.6 Å². The van der Waals surface area contributed by atoms with E-state index in [1.807, 2.05) is 6.07 Å². The van der Waals surface area contributed by atoms with Gasteiger partial charge in [0.25, 0.3) is 11.8 Å². The molecule has 0 aliphatic heterocycles. The van der Waals surface area contributed by atoms with Gasteiger partial charge in [0.15, 0.2) is 11.5 Å². The van der Waals surface area contributed by atoms with Crippen molar-refractivity contribution in [2.75, 3.05) is 12.4 Å². The number of aryl methyl sites for hydroxylation is 1. The summed E-state index contributed by atoms with van der Waals surface area (Å²) in [6, 6.07) is 7.99. The molecule has 3 aromatic rings. The van der Waals surface area contributed by atoms with Gasteiger partial charge in [-0.15, -0.1) is 0 Å². The van der Waals surface area contributed by atoms with E-state index in [4.69, 9.17) is 16.9 Å². The molecular formula is C21H18ClF3N6O2. The van der Waals surface area contributed by atoms with Gasteiger partial charge in [0.1, 0.15) is 5.69 Å². The molecule has 2 aromatic heterocycles. The van der Waals surface area contributed by atoms with Crippen LogP contribution in [0.5, 0.6) is 0 Å². The molecular weight excluding hydrogens is 461 g/mol. The van der Waals surface area contributed by atoms with Gasteiger partial charge in [0.05, 0.1) is 27.9 Å². The van der Waals surface area contributed by atoms with E-state index in [0.717, 1.165) is 0 Å². The van der Waals surface area contributed by atoms with Gasteiger partial charge in [-0.1, -0.05) is 19.0 Å². The number of rotatable bonds is 4. The van der Waals surface area contributed by atoms with E-state index in [1.54, 1.807) is 0 Å². The molecule has 0 unspecified atom stereocenters. The lowest BCUT2D eigenvalue weighted by Gasteiger charge is -2.14. The van der Waals surface area contributed by atoms with Crippen molar-refractivity contribution in [2.45, 2.75) is 20.5 Å². The smallest absolute Gasteiger partial charge is 0.355 e. The molecule has 0 aliphatic carbocycles. The SMILES string of the molecule is C.CNC(=O)c1cc(C#N)cc(C)c1NC(=O)c1cc(C(F)(F)F)nn1-c1ncccc1Cl. The van der Waals surface area contributed by atoms with Gasteiger partial charge in [0.2, 0.25) is 0 Å². The normalized spacial score (nSPS) is 10.7. The molecule has 0 saturated carbocycles. The molecule has 1 aromatic carbocycles. The van der Waals surface area contributed by atoms with E-state index in [1.165, 1.54) is 44.4 Å². The first kappa shape index (κ1) is 25.4. The van der Waals surface area contributed by atoms with E-state index in [9.17, 15) is 22.8 Å². The first-order valence-electron chi connectivity index (χ1n) is 8.93. The number of aromatic nitrogens is 3. The number of amides is 2. The Morgan fingerprint density at radius 1 is 1.21 bits per heavy atom. The number of benzene rings is 1. The lowest BCUT2D eigenvalue weighted by Crippen LogP contribution is -2.24.